The van der Waals surface area contributed by atoms with Crippen LogP contribution >= 0.6 is 27.5 Å². The second-order valence-electron chi connectivity index (χ2n) is 8.48. The van der Waals surface area contributed by atoms with E-state index in [1.807, 2.05) is 24.3 Å². The zero-order valence-electron chi connectivity index (χ0n) is 14.4. The third-order valence-corrected chi connectivity index (χ3v) is 7.62. The maximum absolute atomic E-state index is 13.2. The molecule has 6 heteroatoms. The van der Waals surface area contributed by atoms with E-state index in [0.717, 1.165) is 35.9 Å². The Bertz CT molecular complexity index is 888. The highest BCUT2D eigenvalue weighted by molar-refractivity contribution is 9.10. The van der Waals surface area contributed by atoms with E-state index in [2.05, 4.69) is 31.8 Å². The second kappa shape index (κ2) is 5.83. The molecule has 0 spiro atoms. The van der Waals surface area contributed by atoms with E-state index < -0.39 is 0 Å². The number of fused-ring (bicyclic) bond motifs is 1. The van der Waals surface area contributed by atoms with E-state index in [9.17, 15) is 4.79 Å². The summed E-state index contributed by atoms with van der Waals surface area (Å²) in [6.07, 6.45) is 6.75. The van der Waals surface area contributed by atoms with Crippen LogP contribution in [-0.2, 0) is 4.79 Å². The number of aromatic nitrogens is 1. The molecule has 0 aliphatic heterocycles. The summed E-state index contributed by atoms with van der Waals surface area (Å²) in [5.74, 6) is 1.50. The predicted octanol–water partition coefficient (Wildman–Crippen LogP) is 5.07. The number of nitrogens with zero attached hydrogens (tertiary/aromatic N) is 1. The van der Waals surface area contributed by atoms with Crippen LogP contribution in [0.1, 0.15) is 38.5 Å². The average Bonchev–Trinajstić information content (AvgIpc) is 2.57. The molecule has 1 amide bonds. The molecule has 1 heterocycles. The molecule has 6 rings (SSSR count). The SMILES string of the molecule is O=C(NNc1cccc2nc(Cl)ccc12)C12CC3CC(CC(Br)(C3)C1)C2. The van der Waals surface area contributed by atoms with Gasteiger partial charge in [-0.3, -0.25) is 15.6 Å². The van der Waals surface area contributed by atoms with Crippen LogP contribution in [0.5, 0.6) is 0 Å². The van der Waals surface area contributed by atoms with Gasteiger partial charge in [-0.05, 0) is 74.6 Å². The lowest BCUT2D eigenvalue weighted by Gasteiger charge is -2.59. The van der Waals surface area contributed by atoms with E-state index >= 15 is 0 Å². The largest absolute Gasteiger partial charge is 0.298 e. The molecule has 0 saturated heterocycles. The van der Waals surface area contributed by atoms with Gasteiger partial charge in [0.1, 0.15) is 5.15 Å². The molecule has 1 aromatic heterocycles. The Morgan fingerprint density at radius 3 is 2.65 bits per heavy atom. The molecule has 4 bridgehead atoms. The van der Waals surface area contributed by atoms with E-state index in [4.69, 9.17) is 11.6 Å². The minimum absolute atomic E-state index is 0.134. The van der Waals surface area contributed by atoms with Crippen molar-refractivity contribution in [1.29, 1.82) is 0 Å². The van der Waals surface area contributed by atoms with Crippen LogP contribution in [0.25, 0.3) is 10.9 Å². The first-order valence-corrected chi connectivity index (χ1v) is 10.4. The van der Waals surface area contributed by atoms with Crippen LogP contribution in [-0.4, -0.2) is 15.2 Å². The molecular formula is C20H21BrClN3O. The molecular weight excluding hydrogens is 414 g/mol. The quantitative estimate of drug-likeness (QED) is 0.403. The molecule has 4 aliphatic carbocycles. The van der Waals surface area contributed by atoms with E-state index in [1.54, 1.807) is 6.07 Å². The molecule has 0 radical (unpaired) electrons. The summed E-state index contributed by atoms with van der Waals surface area (Å²) in [6, 6.07) is 9.48. The van der Waals surface area contributed by atoms with Gasteiger partial charge in [0.05, 0.1) is 16.6 Å². The van der Waals surface area contributed by atoms with Crippen LogP contribution in [0.3, 0.4) is 0 Å². The fourth-order valence-corrected chi connectivity index (χ4v) is 7.52. The Morgan fingerprint density at radius 1 is 1.15 bits per heavy atom. The van der Waals surface area contributed by atoms with Crippen LogP contribution in [0, 0.1) is 17.3 Å². The number of nitrogens with one attached hydrogen (secondary N) is 2. The van der Waals surface area contributed by atoms with Gasteiger partial charge in [-0.25, -0.2) is 4.98 Å². The Hall–Kier alpha value is -1.33. The van der Waals surface area contributed by atoms with E-state index in [0.29, 0.717) is 17.0 Å². The van der Waals surface area contributed by atoms with Crippen molar-refractivity contribution in [2.45, 2.75) is 42.8 Å². The standard InChI is InChI=1S/C20H21BrClN3O/c21-20-9-12-6-13(10-20)8-19(7-12,11-20)18(26)25-24-16-3-1-2-15-14(16)4-5-17(22)23-15/h1-5,12-13,24H,6-11H2,(H,25,26). The Kier molecular flexibility index (Phi) is 3.77. The number of rotatable bonds is 3. The fourth-order valence-electron chi connectivity index (χ4n) is 5.91. The van der Waals surface area contributed by atoms with Gasteiger partial charge in [0.15, 0.2) is 0 Å². The third-order valence-electron chi connectivity index (χ3n) is 6.48. The van der Waals surface area contributed by atoms with Crippen molar-refractivity contribution < 1.29 is 4.79 Å². The number of amides is 1. The van der Waals surface area contributed by atoms with E-state index in [1.165, 1.54) is 19.3 Å². The number of benzene rings is 1. The summed E-state index contributed by atoms with van der Waals surface area (Å²) >= 11 is 9.96. The first-order valence-electron chi connectivity index (χ1n) is 9.25. The smallest absolute Gasteiger partial charge is 0.244 e. The van der Waals surface area contributed by atoms with Crippen LogP contribution in [0.15, 0.2) is 30.3 Å². The van der Waals surface area contributed by atoms with Crippen LogP contribution in [0.2, 0.25) is 5.15 Å². The molecule has 136 valence electrons. The number of anilines is 1. The molecule has 4 fully saturated rings. The molecule has 26 heavy (non-hydrogen) atoms. The topological polar surface area (TPSA) is 54.0 Å². The molecule has 2 N–H and O–H groups in total. The Labute approximate surface area is 166 Å². The summed E-state index contributed by atoms with van der Waals surface area (Å²) in [4.78, 5) is 17.5. The minimum atomic E-state index is -0.229. The predicted molar refractivity (Wildman–Crippen MR) is 107 cm³/mol. The summed E-state index contributed by atoms with van der Waals surface area (Å²) in [5.41, 5.74) is 7.58. The molecule has 4 aliphatic rings. The lowest BCUT2D eigenvalue weighted by Crippen LogP contribution is -2.58. The maximum atomic E-state index is 13.2. The highest BCUT2D eigenvalue weighted by atomic mass is 79.9. The van der Waals surface area contributed by atoms with Crippen molar-refractivity contribution in [2.24, 2.45) is 17.3 Å². The number of hydrogen-bond acceptors (Lipinski definition) is 3. The van der Waals surface area contributed by atoms with Gasteiger partial charge in [0, 0.05) is 9.71 Å². The van der Waals surface area contributed by atoms with Gasteiger partial charge < -0.3 is 0 Å². The summed E-state index contributed by atoms with van der Waals surface area (Å²) < 4.78 is 0.175. The Morgan fingerprint density at radius 2 is 1.92 bits per heavy atom. The molecule has 4 nitrogen and oxygen atoms in total. The maximum Gasteiger partial charge on any atom is 0.244 e. The number of hydrazine groups is 1. The monoisotopic (exact) mass is 433 g/mol. The number of alkyl halides is 1. The zero-order valence-corrected chi connectivity index (χ0v) is 16.7. The number of hydrogen-bond donors (Lipinski definition) is 2. The Balaban J connectivity index is 1.37. The number of carbonyl (C=O) groups excluding carboxylic acids is 1. The lowest BCUT2D eigenvalue weighted by atomic mass is 9.49. The highest BCUT2D eigenvalue weighted by Gasteiger charge is 2.59. The van der Waals surface area contributed by atoms with Gasteiger partial charge in [0.2, 0.25) is 5.91 Å². The van der Waals surface area contributed by atoms with Crippen molar-refractivity contribution >= 4 is 50.0 Å². The van der Waals surface area contributed by atoms with Gasteiger partial charge in [0.25, 0.3) is 0 Å². The molecule has 4 saturated carbocycles. The molecule has 1 aromatic carbocycles. The van der Waals surface area contributed by atoms with Gasteiger partial charge in [-0.2, -0.15) is 0 Å². The van der Waals surface area contributed by atoms with Crippen molar-refractivity contribution in [3.63, 3.8) is 0 Å². The summed E-state index contributed by atoms with van der Waals surface area (Å²) in [5, 5.41) is 1.41. The van der Waals surface area contributed by atoms with Crippen molar-refractivity contribution in [3.05, 3.63) is 35.5 Å². The van der Waals surface area contributed by atoms with E-state index in [-0.39, 0.29) is 15.6 Å². The average molecular weight is 435 g/mol. The molecule has 2 atom stereocenters. The first-order chi connectivity index (χ1) is 12.4. The minimum Gasteiger partial charge on any atom is -0.298 e. The van der Waals surface area contributed by atoms with Gasteiger partial charge in [-0.15, -0.1) is 0 Å². The van der Waals surface area contributed by atoms with Crippen LogP contribution in [0.4, 0.5) is 5.69 Å². The van der Waals surface area contributed by atoms with Gasteiger partial charge in [-0.1, -0.05) is 33.6 Å². The zero-order chi connectivity index (χ0) is 17.9. The molecule has 2 unspecified atom stereocenters. The van der Waals surface area contributed by atoms with Gasteiger partial charge >= 0.3 is 0 Å². The lowest BCUT2D eigenvalue weighted by molar-refractivity contribution is -0.143. The third kappa shape index (κ3) is 2.71. The number of carbonyl (C=O) groups is 1. The fraction of sp³-hybridized carbons (Fsp3) is 0.500. The van der Waals surface area contributed by atoms with Crippen LogP contribution < -0.4 is 10.9 Å². The van der Waals surface area contributed by atoms with Crippen molar-refractivity contribution in [1.82, 2.24) is 10.4 Å². The first kappa shape index (κ1) is 16.8. The van der Waals surface area contributed by atoms with Crippen molar-refractivity contribution in [3.8, 4) is 0 Å². The highest BCUT2D eigenvalue weighted by Crippen LogP contribution is 2.64. The van der Waals surface area contributed by atoms with Crippen molar-refractivity contribution in [2.75, 3.05) is 5.43 Å². The number of pyridine rings is 1. The number of halogens is 2. The summed E-state index contributed by atoms with van der Waals surface area (Å²) in [6.45, 7) is 0. The normalized spacial score (nSPS) is 34.8. The summed E-state index contributed by atoms with van der Waals surface area (Å²) in [7, 11) is 0. The second-order valence-corrected chi connectivity index (χ2v) is 10.5. The molecule has 2 aromatic rings.